The second kappa shape index (κ2) is 6.51. The second-order valence-corrected chi connectivity index (χ2v) is 8.43. The largest absolute Gasteiger partial charge is 0.348 e. The quantitative estimate of drug-likeness (QED) is 0.672. The molecule has 3 aromatic rings. The molecule has 24 heavy (non-hydrogen) atoms. The number of nitrogens with zero attached hydrogens (tertiary/aromatic N) is 3. The summed E-state index contributed by atoms with van der Waals surface area (Å²) in [5.74, 6) is 0.827. The molecule has 1 unspecified atom stereocenters. The summed E-state index contributed by atoms with van der Waals surface area (Å²) in [6, 6.07) is 0. The topological polar surface area (TPSA) is 70.2 Å². The normalized spacial score (nSPS) is 13.6. The van der Waals surface area contributed by atoms with Crippen LogP contribution in [0, 0.1) is 0 Å². The van der Waals surface area contributed by atoms with Gasteiger partial charge in [-0.15, -0.1) is 11.3 Å². The molecule has 0 fully saturated rings. The first kappa shape index (κ1) is 16.9. The van der Waals surface area contributed by atoms with Crippen molar-refractivity contribution in [2.45, 2.75) is 58.3 Å². The Bertz CT molecular complexity index is 782. The van der Waals surface area contributed by atoms with Crippen molar-refractivity contribution in [3.05, 3.63) is 41.2 Å². The van der Waals surface area contributed by atoms with E-state index in [9.17, 15) is 0 Å². The third kappa shape index (κ3) is 3.29. The maximum absolute atomic E-state index is 4.68. The second-order valence-electron chi connectivity index (χ2n) is 7.37. The smallest absolute Gasteiger partial charge is 0.0960 e. The van der Waals surface area contributed by atoms with Crippen LogP contribution < -0.4 is 0 Å². The minimum Gasteiger partial charge on any atom is -0.348 e. The fraction of sp³-hybridized carbons (Fsp3) is 0.500. The fourth-order valence-electron chi connectivity index (χ4n) is 3.15. The van der Waals surface area contributed by atoms with Crippen molar-refractivity contribution in [1.29, 1.82) is 0 Å². The SMILES string of the molecule is CC(C)c1cn[nH]c1-c1cnc(C(C)CC(C)(C)c2cnc[nH]2)s1. The van der Waals surface area contributed by atoms with Crippen LogP contribution in [0.2, 0.25) is 0 Å². The van der Waals surface area contributed by atoms with Gasteiger partial charge in [-0.3, -0.25) is 5.10 Å². The molecule has 128 valence electrons. The number of aromatic amines is 2. The molecule has 3 heterocycles. The molecule has 0 amide bonds. The third-order valence-corrected chi connectivity index (χ3v) is 5.77. The van der Waals surface area contributed by atoms with Gasteiger partial charge in [-0.25, -0.2) is 9.97 Å². The number of thiazole rings is 1. The Morgan fingerprint density at radius 1 is 1.17 bits per heavy atom. The highest BCUT2D eigenvalue weighted by Crippen LogP contribution is 2.38. The molecule has 0 saturated carbocycles. The van der Waals surface area contributed by atoms with Crippen molar-refractivity contribution in [3.8, 4) is 10.6 Å². The zero-order valence-corrected chi connectivity index (χ0v) is 15.7. The van der Waals surface area contributed by atoms with Gasteiger partial charge in [0, 0.05) is 35.0 Å². The summed E-state index contributed by atoms with van der Waals surface area (Å²) in [4.78, 5) is 13.2. The molecule has 0 aromatic carbocycles. The maximum atomic E-state index is 4.68. The number of H-pyrrole nitrogens is 2. The minimum absolute atomic E-state index is 0.0405. The number of aromatic nitrogens is 5. The van der Waals surface area contributed by atoms with Crippen molar-refractivity contribution in [1.82, 2.24) is 25.1 Å². The summed E-state index contributed by atoms with van der Waals surface area (Å²) in [6.07, 6.45) is 8.57. The van der Waals surface area contributed by atoms with Gasteiger partial charge in [0.25, 0.3) is 0 Å². The monoisotopic (exact) mass is 343 g/mol. The first-order valence-corrected chi connectivity index (χ1v) is 9.18. The third-order valence-electron chi connectivity index (χ3n) is 4.53. The molecule has 0 bridgehead atoms. The van der Waals surface area contributed by atoms with Gasteiger partial charge in [0.05, 0.1) is 28.1 Å². The molecule has 0 radical (unpaired) electrons. The van der Waals surface area contributed by atoms with E-state index in [0.29, 0.717) is 11.8 Å². The zero-order valence-electron chi connectivity index (χ0n) is 14.9. The molecule has 3 rings (SSSR count). The van der Waals surface area contributed by atoms with Crippen molar-refractivity contribution < 1.29 is 0 Å². The molecule has 2 N–H and O–H groups in total. The Balaban J connectivity index is 1.79. The van der Waals surface area contributed by atoms with E-state index in [1.807, 2.05) is 18.6 Å². The molecule has 0 spiro atoms. The van der Waals surface area contributed by atoms with E-state index in [0.717, 1.165) is 17.0 Å². The standard InChI is InChI=1S/C18H25N5S/c1-11(2)13-7-22-23-16(13)14-8-20-17(24-14)12(3)6-18(4,5)15-9-19-10-21-15/h7-12H,6H2,1-5H3,(H,19,21)(H,22,23). The van der Waals surface area contributed by atoms with Gasteiger partial charge in [0.2, 0.25) is 0 Å². The lowest BCUT2D eigenvalue weighted by molar-refractivity contribution is 0.428. The summed E-state index contributed by atoms with van der Waals surface area (Å²) in [5.41, 5.74) is 3.56. The van der Waals surface area contributed by atoms with Crippen LogP contribution in [0.15, 0.2) is 24.9 Å². The van der Waals surface area contributed by atoms with E-state index in [1.165, 1.54) is 16.3 Å². The summed E-state index contributed by atoms with van der Waals surface area (Å²) in [7, 11) is 0. The molecule has 0 aliphatic heterocycles. The van der Waals surface area contributed by atoms with Crippen molar-refractivity contribution in [3.63, 3.8) is 0 Å². The zero-order chi connectivity index (χ0) is 17.3. The highest BCUT2D eigenvalue weighted by atomic mass is 32.1. The number of imidazole rings is 1. The maximum Gasteiger partial charge on any atom is 0.0960 e. The van der Waals surface area contributed by atoms with Gasteiger partial charge in [-0.05, 0) is 12.3 Å². The number of hydrogen-bond donors (Lipinski definition) is 2. The lowest BCUT2D eigenvalue weighted by Crippen LogP contribution is -2.20. The first-order valence-electron chi connectivity index (χ1n) is 8.36. The molecular formula is C18H25N5S. The predicted molar refractivity (Wildman–Crippen MR) is 98.4 cm³/mol. The summed E-state index contributed by atoms with van der Waals surface area (Å²) >= 11 is 1.76. The van der Waals surface area contributed by atoms with Gasteiger partial charge < -0.3 is 4.98 Å². The van der Waals surface area contributed by atoms with Crippen LogP contribution in [-0.4, -0.2) is 25.1 Å². The summed E-state index contributed by atoms with van der Waals surface area (Å²) < 4.78 is 0. The minimum atomic E-state index is 0.0405. The van der Waals surface area contributed by atoms with Crippen LogP contribution in [-0.2, 0) is 5.41 Å². The average molecular weight is 344 g/mol. The Kier molecular flexibility index (Phi) is 4.58. The summed E-state index contributed by atoms with van der Waals surface area (Å²) in [5, 5.41) is 8.51. The highest BCUT2D eigenvalue weighted by molar-refractivity contribution is 7.15. The van der Waals surface area contributed by atoms with Crippen LogP contribution >= 0.6 is 11.3 Å². The Morgan fingerprint density at radius 3 is 2.62 bits per heavy atom. The number of hydrogen-bond acceptors (Lipinski definition) is 4. The van der Waals surface area contributed by atoms with Crippen molar-refractivity contribution in [2.75, 3.05) is 0 Å². The van der Waals surface area contributed by atoms with E-state index >= 15 is 0 Å². The average Bonchev–Trinajstić information content (AvgIpc) is 3.26. The van der Waals surface area contributed by atoms with Crippen LogP contribution in [0.4, 0.5) is 0 Å². The molecule has 6 heteroatoms. The van der Waals surface area contributed by atoms with Gasteiger partial charge in [-0.1, -0.05) is 34.6 Å². The molecule has 0 saturated heterocycles. The van der Waals surface area contributed by atoms with Gasteiger partial charge in [0.1, 0.15) is 0 Å². The van der Waals surface area contributed by atoms with E-state index in [4.69, 9.17) is 0 Å². The van der Waals surface area contributed by atoms with E-state index < -0.39 is 0 Å². The highest BCUT2D eigenvalue weighted by Gasteiger charge is 2.27. The Labute approximate surface area is 147 Å². The fourth-order valence-corrected chi connectivity index (χ4v) is 4.14. The van der Waals surface area contributed by atoms with Gasteiger partial charge in [-0.2, -0.15) is 5.10 Å². The molecule has 1 atom stereocenters. The van der Waals surface area contributed by atoms with Crippen LogP contribution in [0.25, 0.3) is 10.6 Å². The number of rotatable bonds is 6. The van der Waals surface area contributed by atoms with Crippen molar-refractivity contribution >= 4 is 11.3 Å². The Hall–Kier alpha value is -1.95. The predicted octanol–water partition coefficient (Wildman–Crippen LogP) is 4.85. The molecular weight excluding hydrogens is 318 g/mol. The first-order chi connectivity index (χ1) is 11.4. The molecule has 5 nitrogen and oxygen atoms in total. The summed E-state index contributed by atoms with van der Waals surface area (Å²) in [6.45, 7) is 11.1. The van der Waals surface area contributed by atoms with Gasteiger partial charge in [0.15, 0.2) is 0 Å². The molecule has 0 aliphatic rings. The van der Waals surface area contributed by atoms with E-state index in [1.54, 1.807) is 17.7 Å². The van der Waals surface area contributed by atoms with Crippen LogP contribution in [0.3, 0.4) is 0 Å². The van der Waals surface area contributed by atoms with Crippen LogP contribution in [0.5, 0.6) is 0 Å². The lowest BCUT2D eigenvalue weighted by Gasteiger charge is -2.25. The van der Waals surface area contributed by atoms with E-state index in [-0.39, 0.29) is 5.41 Å². The number of nitrogens with one attached hydrogen (secondary N) is 2. The molecule has 0 aliphatic carbocycles. The lowest BCUT2D eigenvalue weighted by atomic mass is 9.81. The van der Waals surface area contributed by atoms with Gasteiger partial charge >= 0.3 is 0 Å². The van der Waals surface area contributed by atoms with E-state index in [2.05, 4.69) is 59.8 Å². The molecule has 3 aromatic heterocycles. The Morgan fingerprint density at radius 2 is 1.96 bits per heavy atom. The van der Waals surface area contributed by atoms with Crippen molar-refractivity contribution in [2.24, 2.45) is 0 Å². The van der Waals surface area contributed by atoms with Crippen LogP contribution in [0.1, 0.15) is 69.1 Å².